The van der Waals surface area contributed by atoms with Crippen LogP contribution in [0.5, 0.6) is 0 Å². The van der Waals surface area contributed by atoms with Crippen LogP contribution in [0.4, 0.5) is 13.2 Å². The lowest BCUT2D eigenvalue weighted by Gasteiger charge is -2.14. The van der Waals surface area contributed by atoms with Crippen molar-refractivity contribution in [1.82, 2.24) is 10.6 Å². The van der Waals surface area contributed by atoms with E-state index in [1.165, 1.54) is 5.32 Å². The van der Waals surface area contributed by atoms with Crippen LogP contribution in [-0.4, -0.2) is 24.5 Å². The normalized spacial score (nSPS) is 12.6. The molecule has 0 heterocycles. The molecule has 2 N–H and O–H groups in total. The fourth-order valence-corrected chi connectivity index (χ4v) is 1.35. The SMILES string of the molecule is C[C@@H](NC(=O)C(=O)NCC(F)(F)F)c1ccccc1. The molecule has 0 unspecified atom stereocenters. The van der Waals surface area contributed by atoms with Crippen molar-refractivity contribution in [2.75, 3.05) is 6.54 Å². The summed E-state index contributed by atoms with van der Waals surface area (Å²) in [5.74, 6) is -2.40. The maximum absolute atomic E-state index is 11.9. The van der Waals surface area contributed by atoms with Crippen molar-refractivity contribution in [2.45, 2.75) is 19.1 Å². The fraction of sp³-hybridized carbons (Fsp3) is 0.333. The first kappa shape index (κ1) is 15.0. The molecule has 0 fully saturated rings. The van der Waals surface area contributed by atoms with Crippen molar-refractivity contribution in [3.8, 4) is 0 Å². The summed E-state index contributed by atoms with van der Waals surface area (Å²) in [5, 5.41) is 3.82. The molecule has 1 aromatic carbocycles. The molecule has 4 nitrogen and oxygen atoms in total. The van der Waals surface area contributed by atoms with Gasteiger partial charge in [-0.05, 0) is 12.5 Å². The molecule has 0 saturated carbocycles. The molecule has 1 atom stereocenters. The fourth-order valence-electron chi connectivity index (χ4n) is 1.35. The van der Waals surface area contributed by atoms with E-state index in [9.17, 15) is 22.8 Å². The molecule has 1 aromatic rings. The number of rotatable bonds is 3. The molecule has 104 valence electrons. The van der Waals surface area contributed by atoms with E-state index in [4.69, 9.17) is 0 Å². The van der Waals surface area contributed by atoms with Crippen LogP contribution in [0.25, 0.3) is 0 Å². The lowest BCUT2D eigenvalue weighted by Crippen LogP contribution is -2.44. The number of hydrogen-bond donors (Lipinski definition) is 2. The van der Waals surface area contributed by atoms with E-state index in [1.807, 2.05) is 0 Å². The summed E-state index contributed by atoms with van der Waals surface area (Å²) in [6, 6.07) is 8.29. The standard InChI is InChI=1S/C12H13F3N2O2/c1-8(9-5-3-2-4-6-9)17-11(19)10(18)16-7-12(13,14)15/h2-6,8H,7H2,1H3,(H,16,18)(H,17,19)/t8-/m1/s1. The van der Waals surface area contributed by atoms with Crippen molar-refractivity contribution in [3.05, 3.63) is 35.9 Å². The Kier molecular flexibility index (Phi) is 4.91. The number of halogens is 3. The summed E-state index contributed by atoms with van der Waals surface area (Å²) in [7, 11) is 0. The van der Waals surface area contributed by atoms with Gasteiger partial charge in [0.1, 0.15) is 6.54 Å². The summed E-state index contributed by atoms with van der Waals surface area (Å²) < 4.78 is 35.6. The highest BCUT2D eigenvalue weighted by Gasteiger charge is 2.29. The third kappa shape index (κ3) is 5.41. The van der Waals surface area contributed by atoms with Gasteiger partial charge in [0.25, 0.3) is 0 Å². The zero-order chi connectivity index (χ0) is 14.5. The zero-order valence-corrected chi connectivity index (χ0v) is 10.1. The molecule has 0 spiro atoms. The van der Waals surface area contributed by atoms with Gasteiger partial charge < -0.3 is 10.6 Å². The highest BCUT2D eigenvalue weighted by atomic mass is 19.4. The van der Waals surface area contributed by atoms with E-state index in [0.717, 1.165) is 5.56 Å². The Bertz CT molecular complexity index is 446. The predicted molar refractivity (Wildman–Crippen MR) is 62.1 cm³/mol. The molecule has 0 aliphatic rings. The highest BCUT2D eigenvalue weighted by molar-refractivity contribution is 6.35. The van der Waals surface area contributed by atoms with Crippen LogP contribution >= 0.6 is 0 Å². The average Bonchev–Trinajstić information content (AvgIpc) is 2.36. The molecule has 19 heavy (non-hydrogen) atoms. The minimum atomic E-state index is -4.54. The first-order chi connectivity index (χ1) is 8.79. The van der Waals surface area contributed by atoms with Gasteiger partial charge in [0.05, 0.1) is 6.04 Å². The maximum Gasteiger partial charge on any atom is 0.405 e. The summed E-state index contributed by atoms with van der Waals surface area (Å²) in [6.07, 6.45) is -4.54. The summed E-state index contributed by atoms with van der Waals surface area (Å²) >= 11 is 0. The Morgan fingerprint density at radius 2 is 1.74 bits per heavy atom. The molecule has 2 amide bonds. The van der Waals surface area contributed by atoms with Gasteiger partial charge in [0.15, 0.2) is 0 Å². The Morgan fingerprint density at radius 1 is 1.16 bits per heavy atom. The number of hydrogen-bond acceptors (Lipinski definition) is 2. The lowest BCUT2D eigenvalue weighted by molar-refractivity contribution is -0.146. The Morgan fingerprint density at radius 3 is 2.26 bits per heavy atom. The molecule has 0 aliphatic heterocycles. The quantitative estimate of drug-likeness (QED) is 0.821. The van der Waals surface area contributed by atoms with Crippen LogP contribution in [-0.2, 0) is 9.59 Å². The second-order valence-electron chi connectivity index (χ2n) is 3.90. The number of carbonyl (C=O) groups is 2. The molecule has 1 rings (SSSR count). The van der Waals surface area contributed by atoms with E-state index >= 15 is 0 Å². The molecule has 0 saturated heterocycles. The molecule has 0 radical (unpaired) electrons. The topological polar surface area (TPSA) is 58.2 Å². The van der Waals surface area contributed by atoms with Crippen LogP contribution in [0.3, 0.4) is 0 Å². The molecular weight excluding hydrogens is 261 g/mol. The van der Waals surface area contributed by atoms with Gasteiger partial charge in [0.2, 0.25) is 0 Å². The van der Waals surface area contributed by atoms with E-state index < -0.39 is 30.6 Å². The Hall–Kier alpha value is -2.05. The Labute approximate surface area is 108 Å². The van der Waals surface area contributed by atoms with Crippen LogP contribution in [0, 0.1) is 0 Å². The van der Waals surface area contributed by atoms with Crippen molar-refractivity contribution < 1.29 is 22.8 Å². The van der Waals surface area contributed by atoms with Gasteiger partial charge in [-0.25, -0.2) is 0 Å². The monoisotopic (exact) mass is 274 g/mol. The Balaban J connectivity index is 2.49. The average molecular weight is 274 g/mol. The number of carbonyl (C=O) groups excluding carboxylic acids is 2. The molecular formula is C12H13F3N2O2. The molecule has 0 aliphatic carbocycles. The van der Waals surface area contributed by atoms with E-state index in [1.54, 1.807) is 37.3 Å². The van der Waals surface area contributed by atoms with E-state index in [0.29, 0.717) is 0 Å². The summed E-state index contributed by atoms with van der Waals surface area (Å²) in [5.41, 5.74) is 0.750. The lowest BCUT2D eigenvalue weighted by atomic mass is 10.1. The van der Waals surface area contributed by atoms with Gasteiger partial charge in [-0.15, -0.1) is 0 Å². The number of amides is 2. The van der Waals surface area contributed by atoms with Crippen molar-refractivity contribution in [1.29, 1.82) is 0 Å². The van der Waals surface area contributed by atoms with Crippen LogP contribution in [0.2, 0.25) is 0 Å². The third-order valence-electron chi connectivity index (χ3n) is 2.30. The smallest absolute Gasteiger partial charge is 0.341 e. The predicted octanol–water partition coefficient (Wildman–Crippen LogP) is 1.54. The van der Waals surface area contributed by atoms with Crippen LogP contribution in [0.15, 0.2) is 30.3 Å². The molecule has 0 bridgehead atoms. The van der Waals surface area contributed by atoms with E-state index in [2.05, 4.69) is 5.32 Å². The summed E-state index contributed by atoms with van der Waals surface area (Å²) in [6.45, 7) is 0.100. The maximum atomic E-state index is 11.9. The van der Waals surface area contributed by atoms with Gasteiger partial charge in [-0.3, -0.25) is 9.59 Å². The first-order valence-electron chi connectivity index (χ1n) is 5.50. The van der Waals surface area contributed by atoms with Gasteiger partial charge in [-0.2, -0.15) is 13.2 Å². The van der Waals surface area contributed by atoms with E-state index in [-0.39, 0.29) is 0 Å². The second kappa shape index (κ2) is 6.21. The van der Waals surface area contributed by atoms with Gasteiger partial charge in [-0.1, -0.05) is 30.3 Å². The molecule has 0 aromatic heterocycles. The number of alkyl halides is 3. The van der Waals surface area contributed by atoms with Gasteiger partial charge in [0, 0.05) is 0 Å². The number of nitrogens with one attached hydrogen (secondary N) is 2. The molecule has 7 heteroatoms. The van der Waals surface area contributed by atoms with Crippen molar-refractivity contribution in [2.24, 2.45) is 0 Å². The van der Waals surface area contributed by atoms with Crippen molar-refractivity contribution in [3.63, 3.8) is 0 Å². The summed E-state index contributed by atoms with van der Waals surface area (Å²) in [4.78, 5) is 22.5. The minimum Gasteiger partial charge on any atom is -0.341 e. The van der Waals surface area contributed by atoms with Crippen molar-refractivity contribution >= 4 is 11.8 Å². The highest BCUT2D eigenvalue weighted by Crippen LogP contribution is 2.12. The second-order valence-corrected chi connectivity index (χ2v) is 3.90. The van der Waals surface area contributed by atoms with Gasteiger partial charge >= 0.3 is 18.0 Å². The van der Waals surface area contributed by atoms with Crippen LogP contribution in [0.1, 0.15) is 18.5 Å². The largest absolute Gasteiger partial charge is 0.405 e. The zero-order valence-electron chi connectivity index (χ0n) is 10.1. The van der Waals surface area contributed by atoms with Crippen LogP contribution < -0.4 is 10.6 Å². The minimum absolute atomic E-state index is 0.467. The third-order valence-corrected chi connectivity index (χ3v) is 2.30. The number of benzene rings is 1. The first-order valence-corrected chi connectivity index (χ1v) is 5.50.